The molecule has 1 fully saturated rings. The van der Waals surface area contributed by atoms with E-state index >= 15 is 0 Å². The van der Waals surface area contributed by atoms with Crippen molar-refractivity contribution in [2.45, 2.75) is 24.3 Å². The van der Waals surface area contributed by atoms with Gasteiger partial charge in [0.1, 0.15) is 0 Å². The standard InChI is InChI=1S/C14H17ClN2O2S/c1-9-7-14(18)17-16-13(9)6-4-10-3-5-11(20(2)19)8-12(10)15/h3-6,8-9,13,16H,7H2,1-2H3,(H,17,18)/b6-4+. The molecule has 3 atom stereocenters. The predicted octanol–water partition coefficient (Wildman–Crippen LogP) is 2.12. The molecule has 0 radical (unpaired) electrons. The number of nitrogens with one attached hydrogen (secondary N) is 2. The Morgan fingerprint density at radius 3 is 2.80 bits per heavy atom. The summed E-state index contributed by atoms with van der Waals surface area (Å²) in [6, 6.07) is 5.45. The molecule has 2 N–H and O–H groups in total. The van der Waals surface area contributed by atoms with E-state index in [4.69, 9.17) is 11.6 Å². The van der Waals surface area contributed by atoms with Crippen LogP contribution in [0.3, 0.4) is 0 Å². The molecule has 0 bridgehead atoms. The summed E-state index contributed by atoms with van der Waals surface area (Å²) in [6.45, 7) is 2.02. The van der Waals surface area contributed by atoms with Crippen molar-refractivity contribution in [1.82, 2.24) is 10.9 Å². The van der Waals surface area contributed by atoms with E-state index in [1.165, 1.54) is 0 Å². The van der Waals surface area contributed by atoms with Gasteiger partial charge in [0.05, 0.1) is 0 Å². The Kier molecular flexibility index (Phi) is 4.96. The van der Waals surface area contributed by atoms with E-state index in [9.17, 15) is 9.00 Å². The maximum absolute atomic E-state index is 11.4. The smallest absolute Gasteiger partial charge is 0.234 e. The summed E-state index contributed by atoms with van der Waals surface area (Å²) in [5, 5.41) is 0.571. The van der Waals surface area contributed by atoms with E-state index in [1.54, 1.807) is 18.4 Å². The van der Waals surface area contributed by atoms with Crippen LogP contribution in [0.1, 0.15) is 18.9 Å². The summed E-state index contributed by atoms with van der Waals surface area (Å²) in [5.74, 6) is 0.233. The fourth-order valence-corrected chi connectivity index (χ4v) is 2.90. The van der Waals surface area contributed by atoms with Gasteiger partial charge in [0.2, 0.25) is 5.91 Å². The van der Waals surface area contributed by atoms with Gasteiger partial charge in [-0.05, 0) is 23.6 Å². The van der Waals surface area contributed by atoms with Crippen LogP contribution in [0.15, 0.2) is 29.2 Å². The van der Waals surface area contributed by atoms with Crippen LogP contribution in [0.5, 0.6) is 0 Å². The van der Waals surface area contributed by atoms with Crippen molar-refractivity contribution >= 4 is 34.4 Å². The van der Waals surface area contributed by atoms with Crippen LogP contribution < -0.4 is 10.9 Å². The molecule has 108 valence electrons. The average molecular weight is 313 g/mol. The second-order valence-electron chi connectivity index (χ2n) is 4.90. The Hall–Kier alpha value is -1.17. The zero-order chi connectivity index (χ0) is 14.7. The summed E-state index contributed by atoms with van der Waals surface area (Å²) >= 11 is 6.17. The van der Waals surface area contributed by atoms with Gasteiger partial charge < -0.3 is 0 Å². The molecule has 1 heterocycles. The maximum Gasteiger partial charge on any atom is 0.234 e. The number of benzene rings is 1. The maximum atomic E-state index is 11.4. The quantitative estimate of drug-likeness (QED) is 0.899. The van der Waals surface area contributed by atoms with E-state index in [2.05, 4.69) is 10.9 Å². The first-order chi connectivity index (χ1) is 9.47. The van der Waals surface area contributed by atoms with Crippen molar-refractivity contribution in [2.24, 2.45) is 5.92 Å². The van der Waals surface area contributed by atoms with Crippen molar-refractivity contribution in [2.75, 3.05) is 6.26 Å². The molecule has 0 saturated carbocycles. The van der Waals surface area contributed by atoms with E-state index < -0.39 is 10.8 Å². The van der Waals surface area contributed by atoms with Crippen molar-refractivity contribution < 1.29 is 9.00 Å². The van der Waals surface area contributed by atoms with E-state index in [1.807, 2.05) is 25.1 Å². The first kappa shape index (κ1) is 15.2. The van der Waals surface area contributed by atoms with Crippen molar-refractivity contribution in [3.05, 3.63) is 34.9 Å². The van der Waals surface area contributed by atoms with Gasteiger partial charge in [0.25, 0.3) is 0 Å². The second kappa shape index (κ2) is 6.52. The predicted molar refractivity (Wildman–Crippen MR) is 81.7 cm³/mol. The molecule has 0 spiro atoms. The Bertz CT molecular complexity index is 574. The highest BCUT2D eigenvalue weighted by atomic mass is 35.5. The van der Waals surface area contributed by atoms with Gasteiger partial charge in [-0.15, -0.1) is 0 Å². The summed E-state index contributed by atoms with van der Waals surface area (Å²) in [4.78, 5) is 11.9. The molecule has 20 heavy (non-hydrogen) atoms. The van der Waals surface area contributed by atoms with Crippen LogP contribution in [0.2, 0.25) is 5.02 Å². The summed E-state index contributed by atoms with van der Waals surface area (Å²) in [5.41, 5.74) is 6.45. The molecular weight excluding hydrogens is 296 g/mol. The molecule has 1 aromatic rings. The first-order valence-corrected chi connectivity index (χ1v) is 8.26. The monoisotopic (exact) mass is 312 g/mol. The zero-order valence-electron chi connectivity index (χ0n) is 11.4. The lowest BCUT2D eigenvalue weighted by atomic mass is 9.96. The number of hydrogen-bond acceptors (Lipinski definition) is 3. The molecule has 3 unspecified atom stereocenters. The van der Waals surface area contributed by atoms with E-state index in [0.29, 0.717) is 16.3 Å². The third kappa shape index (κ3) is 3.69. The number of hydrogen-bond donors (Lipinski definition) is 2. The van der Waals surface area contributed by atoms with Gasteiger partial charge in [-0.3, -0.25) is 14.4 Å². The average Bonchev–Trinajstić information content (AvgIpc) is 2.38. The first-order valence-electron chi connectivity index (χ1n) is 6.33. The number of halogens is 1. The molecule has 1 aliphatic rings. The van der Waals surface area contributed by atoms with Gasteiger partial charge in [-0.25, -0.2) is 5.43 Å². The minimum atomic E-state index is -1.03. The van der Waals surface area contributed by atoms with Gasteiger partial charge >= 0.3 is 0 Å². The number of rotatable bonds is 3. The molecule has 6 heteroatoms. The molecule has 4 nitrogen and oxygen atoms in total. The molecular formula is C14H17ClN2O2S. The van der Waals surface area contributed by atoms with E-state index in [-0.39, 0.29) is 17.9 Å². The molecule has 1 aromatic carbocycles. The Labute approximate surface area is 126 Å². The van der Waals surface area contributed by atoms with Gasteiger partial charge in [-0.1, -0.05) is 36.7 Å². The van der Waals surface area contributed by atoms with Crippen LogP contribution in [0.4, 0.5) is 0 Å². The lowest BCUT2D eigenvalue weighted by molar-refractivity contribution is -0.125. The lowest BCUT2D eigenvalue weighted by Crippen LogP contribution is -2.52. The Balaban J connectivity index is 2.11. The van der Waals surface area contributed by atoms with Crippen molar-refractivity contribution in [3.63, 3.8) is 0 Å². The SMILES string of the molecule is CC1CC(=O)NNC1/C=C/c1ccc(S(C)=O)cc1Cl. The third-order valence-corrected chi connectivity index (χ3v) is 4.53. The van der Waals surface area contributed by atoms with Crippen LogP contribution in [-0.4, -0.2) is 22.4 Å². The minimum Gasteiger partial charge on any atom is -0.291 e. The largest absolute Gasteiger partial charge is 0.291 e. The fourth-order valence-electron chi connectivity index (χ4n) is 2.04. The molecule has 0 aliphatic carbocycles. The number of hydrazine groups is 1. The number of carbonyl (C=O) groups excluding carboxylic acids is 1. The normalized spacial score (nSPS) is 24.6. The highest BCUT2D eigenvalue weighted by Gasteiger charge is 2.22. The van der Waals surface area contributed by atoms with Gasteiger partial charge in [0.15, 0.2) is 0 Å². The second-order valence-corrected chi connectivity index (χ2v) is 6.68. The van der Waals surface area contributed by atoms with E-state index in [0.717, 1.165) is 5.56 Å². The van der Waals surface area contributed by atoms with Crippen LogP contribution in [0.25, 0.3) is 6.08 Å². The summed E-state index contributed by atoms with van der Waals surface area (Å²) < 4.78 is 11.4. The highest BCUT2D eigenvalue weighted by molar-refractivity contribution is 7.84. The fraction of sp³-hybridized carbons (Fsp3) is 0.357. The molecule has 1 aliphatic heterocycles. The zero-order valence-corrected chi connectivity index (χ0v) is 12.9. The molecule has 2 rings (SSSR count). The third-order valence-electron chi connectivity index (χ3n) is 3.29. The topological polar surface area (TPSA) is 58.2 Å². The van der Waals surface area contributed by atoms with Crippen LogP contribution in [0, 0.1) is 5.92 Å². The number of carbonyl (C=O) groups is 1. The van der Waals surface area contributed by atoms with Gasteiger partial charge in [0, 0.05) is 39.4 Å². The summed E-state index contributed by atoms with van der Waals surface area (Å²) in [6.07, 6.45) is 6.02. The van der Waals surface area contributed by atoms with Crippen molar-refractivity contribution in [3.8, 4) is 0 Å². The minimum absolute atomic E-state index is 0.00922. The van der Waals surface area contributed by atoms with Gasteiger partial charge in [-0.2, -0.15) is 0 Å². The number of amides is 1. The molecule has 1 saturated heterocycles. The van der Waals surface area contributed by atoms with Crippen LogP contribution >= 0.6 is 11.6 Å². The van der Waals surface area contributed by atoms with Crippen molar-refractivity contribution in [1.29, 1.82) is 0 Å². The summed E-state index contributed by atoms with van der Waals surface area (Å²) in [7, 11) is -1.03. The molecule has 1 amide bonds. The Morgan fingerprint density at radius 2 is 2.20 bits per heavy atom. The molecule has 0 aromatic heterocycles. The van der Waals surface area contributed by atoms with Crippen LogP contribution in [-0.2, 0) is 15.6 Å². The highest BCUT2D eigenvalue weighted by Crippen LogP contribution is 2.22. The Morgan fingerprint density at radius 1 is 1.45 bits per heavy atom. The lowest BCUT2D eigenvalue weighted by Gasteiger charge is -2.27.